The molecule has 0 radical (unpaired) electrons. The van der Waals surface area contributed by atoms with Crippen LogP contribution in [0.1, 0.15) is 53.0 Å². The summed E-state index contributed by atoms with van der Waals surface area (Å²) in [7, 11) is -4.04. The van der Waals surface area contributed by atoms with E-state index in [1.54, 1.807) is 20.8 Å². The van der Waals surface area contributed by atoms with Gasteiger partial charge >= 0.3 is 6.09 Å². The minimum Gasteiger partial charge on any atom is -0.490 e. The third kappa shape index (κ3) is 7.25. The van der Waals surface area contributed by atoms with Crippen LogP contribution in [0.4, 0.5) is 10.5 Å². The van der Waals surface area contributed by atoms with Gasteiger partial charge in [-0.2, -0.15) is 13.7 Å². The van der Waals surface area contributed by atoms with E-state index in [2.05, 4.69) is 10.0 Å². The predicted molar refractivity (Wildman–Crippen MR) is 106 cm³/mol. The molecule has 1 amide bonds. The van der Waals surface area contributed by atoms with Gasteiger partial charge in [0.1, 0.15) is 29.6 Å². The lowest BCUT2D eigenvalue weighted by Gasteiger charge is -2.33. The summed E-state index contributed by atoms with van der Waals surface area (Å²) in [5.41, 5.74) is -1.35. The van der Waals surface area contributed by atoms with Crippen molar-refractivity contribution >= 4 is 22.0 Å². The highest BCUT2D eigenvalue weighted by molar-refractivity contribution is 7.90. The van der Waals surface area contributed by atoms with Crippen molar-refractivity contribution in [2.45, 2.75) is 58.6 Å². The van der Waals surface area contributed by atoms with Crippen molar-refractivity contribution in [2.24, 2.45) is 5.14 Å². The molecule has 10 heteroatoms. The SMILES string of the molecule is CCC(CC)(COc1cccc(NS(N)(=O)=O)c1C#N)NC(=O)OC(C)(C)C. The van der Waals surface area contributed by atoms with Crippen LogP contribution < -0.4 is 19.9 Å². The highest BCUT2D eigenvalue weighted by atomic mass is 32.2. The van der Waals surface area contributed by atoms with Crippen LogP contribution in [0.3, 0.4) is 0 Å². The maximum absolute atomic E-state index is 12.2. The number of nitrogens with zero attached hydrogens (tertiary/aromatic N) is 1. The molecule has 0 atom stereocenters. The average Bonchev–Trinajstić information content (AvgIpc) is 2.55. The van der Waals surface area contributed by atoms with Gasteiger partial charge in [0, 0.05) is 0 Å². The number of anilines is 1. The van der Waals surface area contributed by atoms with Gasteiger partial charge in [-0.1, -0.05) is 19.9 Å². The number of rotatable bonds is 8. The lowest BCUT2D eigenvalue weighted by atomic mass is 9.94. The third-order valence-electron chi connectivity index (χ3n) is 4.01. The number of hydrogen-bond acceptors (Lipinski definition) is 6. The van der Waals surface area contributed by atoms with E-state index in [-0.39, 0.29) is 23.6 Å². The molecule has 0 aliphatic rings. The van der Waals surface area contributed by atoms with Crippen LogP contribution in [0.5, 0.6) is 5.75 Å². The Balaban J connectivity index is 3.04. The monoisotopic (exact) mass is 412 g/mol. The Morgan fingerprint density at radius 3 is 2.32 bits per heavy atom. The van der Waals surface area contributed by atoms with Crippen LogP contribution in [-0.4, -0.2) is 32.3 Å². The predicted octanol–water partition coefficient (Wildman–Crippen LogP) is 2.64. The van der Waals surface area contributed by atoms with Gasteiger partial charge in [0.15, 0.2) is 0 Å². The van der Waals surface area contributed by atoms with Gasteiger partial charge in [0.2, 0.25) is 0 Å². The largest absolute Gasteiger partial charge is 0.490 e. The van der Waals surface area contributed by atoms with Crippen LogP contribution in [0.2, 0.25) is 0 Å². The van der Waals surface area contributed by atoms with E-state index in [0.29, 0.717) is 12.8 Å². The highest BCUT2D eigenvalue weighted by Crippen LogP contribution is 2.28. The van der Waals surface area contributed by atoms with Gasteiger partial charge in [0.25, 0.3) is 10.2 Å². The summed E-state index contributed by atoms with van der Waals surface area (Å²) in [6.45, 7) is 9.17. The normalized spacial score (nSPS) is 12.0. The zero-order chi connectivity index (χ0) is 21.6. The molecule has 0 aliphatic heterocycles. The Kier molecular flexibility index (Phi) is 7.66. The number of nitrogens with one attached hydrogen (secondary N) is 2. The Morgan fingerprint density at radius 1 is 1.25 bits per heavy atom. The van der Waals surface area contributed by atoms with Crippen molar-refractivity contribution in [2.75, 3.05) is 11.3 Å². The average molecular weight is 413 g/mol. The minimum atomic E-state index is -4.04. The fourth-order valence-corrected chi connectivity index (χ4v) is 2.88. The third-order valence-corrected chi connectivity index (χ3v) is 4.52. The number of carbonyl (C=O) groups is 1. The summed E-state index contributed by atoms with van der Waals surface area (Å²) in [6, 6.07) is 6.39. The quantitative estimate of drug-likeness (QED) is 0.599. The lowest BCUT2D eigenvalue weighted by Crippen LogP contribution is -2.53. The van der Waals surface area contributed by atoms with Gasteiger partial charge in [-0.3, -0.25) is 4.72 Å². The van der Waals surface area contributed by atoms with Crippen molar-refractivity contribution in [3.05, 3.63) is 23.8 Å². The van der Waals surface area contributed by atoms with Crippen molar-refractivity contribution in [3.8, 4) is 11.8 Å². The smallest absolute Gasteiger partial charge is 0.408 e. The molecule has 0 aromatic heterocycles. The fourth-order valence-electron chi connectivity index (χ4n) is 2.41. The topological polar surface area (TPSA) is 144 Å². The summed E-state index contributed by atoms with van der Waals surface area (Å²) >= 11 is 0. The first-order chi connectivity index (χ1) is 12.8. The molecule has 0 spiro atoms. The number of ether oxygens (including phenoxy) is 2. The van der Waals surface area contributed by atoms with Crippen LogP contribution in [-0.2, 0) is 14.9 Å². The van der Waals surface area contributed by atoms with Crippen molar-refractivity contribution in [1.29, 1.82) is 5.26 Å². The molecule has 28 heavy (non-hydrogen) atoms. The second kappa shape index (κ2) is 9.12. The first kappa shape index (κ1) is 23.5. The van der Waals surface area contributed by atoms with E-state index in [1.807, 2.05) is 19.9 Å². The molecule has 0 aliphatic carbocycles. The van der Waals surface area contributed by atoms with Gasteiger partial charge in [-0.15, -0.1) is 0 Å². The van der Waals surface area contributed by atoms with Crippen molar-refractivity contribution < 1.29 is 22.7 Å². The Labute approximate surface area is 166 Å². The zero-order valence-electron chi connectivity index (χ0n) is 16.8. The zero-order valence-corrected chi connectivity index (χ0v) is 17.6. The minimum absolute atomic E-state index is 0.00472. The van der Waals surface area contributed by atoms with Crippen LogP contribution in [0, 0.1) is 11.3 Å². The standard InChI is InChI=1S/C18H28N4O5S/c1-6-18(7-2,21-16(23)27-17(3,4)5)12-26-15-10-8-9-14(13(15)11-19)22-28(20,24)25/h8-10,22H,6-7,12H2,1-5H3,(H,21,23)(H2,20,24,25). The number of nitriles is 1. The molecule has 156 valence electrons. The summed E-state index contributed by atoms with van der Waals surface area (Å²) in [6.07, 6.45) is 0.546. The van der Waals surface area contributed by atoms with Crippen LogP contribution in [0.15, 0.2) is 18.2 Å². The summed E-state index contributed by atoms with van der Waals surface area (Å²) in [5.74, 6) is 0.174. The molecule has 0 saturated heterocycles. The van der Waals surface area contributed by atoms with E-state index in [9.17, 15) is 18.5 Å². The molecule has 0 bridgehead atoms. The molecule has 1 rings (SSSR count). The van der Waals surface area contributed by atoms with Crippen molar-refractivity contribution in [1.82, 2.24) is 5.32 Å². The summed E-state index contributed by atoms with van der Waals surface area (Å²) in [4.78, 5) is 12.2. The first-order valence-electron chi connectivity index (χ1n) is 8.82. The van der Waals surface area contributed by atoms with E-state index < -0.39 is 27.4 Å². The number of amides is 1. The molecule has 0 heterocycles. The van der Waals surface area contributed by atoms with Crippen molar-refractivity contribution in [3.63, 3.8) is 0 Å². The molecule has 9 nitrogen and oxygen atoms in total. The number of benzene rings is 1. The summed E-state index contributed by atoms with van der Waals surface area (Å²) < 4.78 is 35.8. The molecule has 0 unspecified atom stereocenters. The second-order valence-electron chi connectivity index (χ2n) is 7.34. The lowest BCUT2D eigenvalue weighted by molar-refractivity contribution is 0.0401. The number of alkyl carbamates (subject to hydrolysis) is 1. The second-order valence-corrected chi connectivity index (χ2v) is 8.63. The van der Waals surface area contributed by atoms with Crippen LogP contribution in [0.25, 0.3) is 0 Å². The van der Waals surface area contributed by atoms with Crippen LogP contribution >= 0.6 is 0 Å². The Hall–Kier alpha value is -2.51. The number of nitrogens with two attached hydrogens (primary N) is 1. The first-order valence-corrected chi connectivity index (χ1v) is 10.4. The number of hydrogen-bond donors (Lipinski definition) is 3. The molecular weight excluding hydrogens is 384 g/mol. The molecule has 4 N–H and O–H groups in total. The molecule has 1 aromatic carbocycles. The molecule has 0 saturated carbocycles. The van der Waals surface area contributed by atoms with E-state index in [1.165, 1.54) is 18.2 Å². The molecular formula is C18H28N4O5S. The maximum atomic E-state index is 12.2. The fraction of sp³-hybridized carbons (Fsp3) is 0.556. The van der Waals surface area contributed by atoms with Gasteiger partial charge in [-0.25, -0.2) is 9.93 Å². The number of carbonyl (C=O) groups excluding carboxylic acids is 1. The van der Waals surface area contributed by atoms with Gasteiger partial charge < -0.3 is 14.8 Å². The Bertz CT molecular complexity index is 837. The van der Waals surface area contributed by atoms with E-state index >= 15 is 0 Å². The van der Waals surface area contributed by atoms with Gasteiger partial charge in [-0.05, 0) is 45.7 Å². The molecule has 1 aromatic rings. The van der Waals surface area contributed by atoms with E-state index in [4.69, 9.17) is 14.6 Å². The highest BCUT2D eigenvalue weighted by Gasteiger charge is 2.32. The summed E-state index contributed by atoms with van der Waals surface area (Å²) in [5, 5.41) is 17.2. The van der Waals surface area contributed by atoms with Gasteiger partial charge in [0.05, 0.1) is 11.2 Å². The van der Waals surface area contributed by atoms with E-state index in [0.717, 1.165) is 0 Å². The Morgan fingerprint density at radius 2 is 1.86 bits per heavy atom. The molecule has 0 fully saturated rings. The maximum Gasteiger partial charge on any atom is 0.408 e.